The molecule has 0 unspecified atom stereocenters. The lowest BCUT2D eigenvalue weighted by molar-refractivity contribution is -0.118. The molecule has 0 bridgehead atoms. The minimum Gasteiger partial charge on any atom is -0.459 e. The molecule has 0 saturated carbocycles. The Morgan fingerprint density at radius 1 is 1.23 bits per heavy atom. The first-order chi connectivity index (χ1) is 12.5. The number of thioether (sulfide) groups is 1. The Morgan fingerprint density at radius 3 is 2.73 bits per heavy atom. The van der Waals surface area contributed by atoms with Gasteiger partial charge in [-0.25, -0.2) is 9.97 Å². The normalized spacial score (nSPS) is 10.7. The fourth-order valence-electron chi connectivity index (χ4n) is 2.24. The number of hydrogen-bond acceptors (Lipinski definition) is 6. The van der Waals surface area contributed by atoms with Gasteiger partial charge in [-0.1, -0.05) is 23.4 Å². The van der Waals surface area contributed by atoms with Crippen molar-refractivity contribution in [2.24, 2.45) is 0 Å². The van der Waals surface area contributed by atoms with Gasteiger partial charge in [0.05, 0.1) is 12.3 Å². The second-order valence-electron chi connectivity index (χ2n) is 5.56. The third-order valence-corrected chi connectivity index (χ3v) is 4.54. The average Bonchev–Trinajstić information content (AvgIpc) is 3.07. The van der Waals surface area contributed by atoms with E-state index < -0.39 is 0 Å². The van der Waals surface area contributed by atoms with Crippen molar-refractivity contribution in [2.75, 3.05) is 11.5 Å². The highest BCUT2D eigenvalue weighted by Crippen LogP contribution is 2.23. The number of rotatable bonds is 6. The Morgan fingerprint density at radius 2 is 2.00 bits per heavy atom. The molecular weight excluding hydrogens is 372 g/mol. The number of halogens is 1. The van der Waals surface area contributed by atoms with Crippen LogP contribution in [0.5, 0.6) is 0 Å². The highest BCUT2D eigenvalue weighted by molar-refractivity contribution is 7.99. The summed E-state index contributed by atoms with van der Waals surface area (Å²) in [5.41, 5.74) is 7.37. The van der Waals surface area contributed by atoms with Crippen LogP contribution >= 0.6 is 23.4 Å². The Hall–Kier alpha value is -2.51. The van der Waals surface area contributed by atoms with Crippen LogP contribution in [0.25, 0.3) is 11.3 Å². The van der Waals surface area contributed by atoms with Gasteiger partial charge in [-0.05, 0) is 43.3 Å². The number of aryl methyl sites for hydroxylation is 1. The first kappa shape index (κ1) is 18.3. The van der Waals surface area contributed by atoms with Gasteiger partial charge in [0.25, 0.3) is 0 Å². The smallest absolute Gasteiger partial charge is 0.230 e. The molecule has 0 radical (unpaired) electrons. The average molecular weight is 389 g/mol. The summed E-state index contributed by atoms with van der Waals surface area (Å²) in [7, 11) is 0. The van der Waals surface area contributed by atoms with Crippen LogP contribution in [-0.4, -0.2) is 21.6 Å². The molecule has 1 amide bonds. The number of hydrogen-bond donors (Lipinski definition) is 2. The lowest BCUT2D eigenvalue weighted by Crippen LogP contribution is -2.24. The van der Waals surface area contributed by atoms with E-state index in [-0.39, 0.29) is 11.7 Å². The van der Waals surface area contributed by atoms with Gasteiger partial charge in [0.1, 0.15) is 17.3 Å². The van der Waals surface area contributed by atoms with Crippen LogP contribution in [-0.2, 0) is 11.3 Å². The Labute approximate surface area is 160 Å². The molecule has 3 rings (SSSR count). The monoisotopic (exact) mass is 388 g/mol. The van der Waals surface area contributed by atoms with Crippen LogP contribution < -0.4 is 11.1 Å². The summed E-state index contributed by atoms with van der Waals surface area (Å²) in [6, 6.07) is 12.8. The molecule has 134 valence electrons. The molecule has 3 N–H and O–H groups in total. The number of amides is 1. The summed E-state index contributed by atoms with van der Waals surface area (Å²) in [6.07, 6.45) is 0. The Bertz CT molecular complexity index is 892. The number of nitrogens with two attached hydrogens (primary N) is 1. The van der Waals surface area contributed by atoms with E-state index in [1.54, 1.807) is 18.2 Å². The second kappa shape index (κ2) is 8.25. The molecule has 2 heterocycles. The predicted octanol–water partition coefficient (Wildman–Crippen LogP) is 3.69. The van der Waals surface area contributed by atoms with Gasteiger partial charge in [0.15, 0.2) is 5.16 Å². The highest BCUT2D eigenvalue weighted by atomic mass is 35.5. The molecule has 0 aliphatic carbocycles. The van der Waals surface area contributed by atoms with Crippen molar-refractivity contribution in [3.63, 3.8) is 0 Å². The molecule has 0 fully saturated rings. The third kappa shape index (κ3) is 5.00. The van der Waals surface area contributed by atoms with E-state index in [1.165, 1.54) is 11.8 Å². The molecule has 2 aromatic heterocycles. The van der Waals surface area contributed by atoms with Crippen LogP contribution in [0.4, 0.5) is 5.82 Å². The number of nitrogens with zero attached hydrogens (tertiary/aromatic N) is 2. The van der Waals surface area contributed by atoms with E-state index in [2.05, 4.69) is 15.3 Å². The highest BCUT2D eigenvalue weighted by Gasteiger charge is 2.09. The van der Waals surface area contributed by atoms with Gasteiger partial charge in [0.2, 0.25) is 5.91 Å². The van der Waals surface area contributed by atoms with E-state index in [0.29, 0.717) is 28.3 Å². The number of nitrogen functional groups attached to an aromatic ring is 1. The molecule has 1 aromatic carbocycles. The number of aromatic nitrogens is 2. The fourth-order valence-corrected chi connectivity index (χ4v) is 3.11. The standard InChI is InChI=1S/C18H17ClN4O2S/c1-11-8-16(20)23-18(22-11)26-10-17(24)21-9-14-6-7-15(25-14)12-2-4-13(19)5-3-12/h2-8H,9-10H2,1H3,(H,21,24)(H2,20,22,23). The first-order valence-electron chi connectivity index (χ1n) is 7.85. The number of furan rings is 1. The SMILES string of the molecule is Cc1cc(N)nc(SCC(=O)NCc2ccc(-c3ccc(Cl)cc3)o2)n1. The van der Waals surface area contributed by atoms with Crippen molar-refractivity contribution in [1.29, 1.82) is 0 Å². The quantitative estimate of drug-likeness (QED) is 0.494. The number of anilines is 1. The number of carbonyl (C=O) groups excluding carboxylic acids is 1. The van der Waals surface area contributed by atoms with Crippen molar-refractivity contribution in [1.82, 2.24) is 15.3 Å². The summed E-state index contributed by atoms with van der Waals surface area (Å²) in [6.45, 7) is 2.14. The molecule has 0 spiro atoms. The lowest BCUT2D eigenvalue weighted by atomic mass is 10.2. The van der Waals surface area contributed by atoms with Crippen molar-refractivity contribution >= 4 is 35.1 Å². The van der Waals surface area contributed by atoms with Crippen molar-refractivity contribution in [3.05, 3.63) is 58.9 Å². The Balaban J connectivity index is 1.51. The molecule has 8 heteroatoms. The van der Waals surface area contributed by atoms with Crippen LogP contribution in [0.3, 0.4) is 0 Å². The van der Waals surface area contributed by atoms with Gasteiger partial charge < -0.3 is 15.5 Å². The second-order valence-corrected chi connectivity index (χ2v) is 6.93. The van der Waals surface area contributed by atoms with Gasteiger partial charge in [-0.15, -0.1) is 0 Å². The van der Waals surface area contributed by atoms with Crippen LogP contribution in [0.1, 0.15) is 11.5 Å². The molecular formula is C18H17ClN4O2S. The minimum atomic E-state index is -0.136. The van der Waals surface area contributed by atoms with Crippen LogP contribution in [0.2, 0.25) is 5.02 Å². The maximum atomic E-state index is 12.0. The van der Waals surface area contributed by atoms with Gasteiger partial charge >= 0.3 is 0 Å². The van der Waals surface area contributed by atoms with E-state index in [9.17, 15) is 4.79 Å². The first-order valence-corrected chi connectivity index (χ1v) is 9.21. The van der Waals surface area contributed by atoms with E-state index >= 15 is 0 Å². The van der Waals surface area contributed by atoms with E-state index in [1.807, 2.05) is 31.2 Å². The third-order valence-electron chi connectivity index (χ3n) is 3.44. The molecule has 6 nitrogen and oxygen atoms in total. The summed E-state index contributed by atoms with van der Waals surface area (Å²) in [5, 5.41) is 3.97. The Kier molecular flexibility index (Phi) is 5.80. The van der Waals surface area contributed by atoms with Gasteiger partial charge in [-0.3, -0.25) is 4.79 Å². The molecule has 0 aliphatic heterocycles. The maximum absolute atomic E-state index is 12.0. The predicted molar refractivity (Wildman–Crippen MR) is 103 cm³/mol. The molecule has 0 atom stereocenters. The van der Waals surface area contributed by atoms with Crippen LogP contribution in [0.15, 0.2) is 52.0 Å². The molecule has 0 aliphatic rings. The summed E-state index contributed by atoms with van der Waals surface area (Å²) in [4.78, 5) is 20.3. The zero-order valence-electron chi connectivity index (χ0n) is 14.0. The maximum Gasteiger partial charge on any atom is 0.230 e. The number of carbonyl (C=O) groups is 1. The lowest BCUT2D eigenvalue weighted by Gasteiger charge is -2.04. The summed E-state index contributed by atoms with van der Waals surface area (Å²) < 4.78 is 5.75. The molecule has 3 aromatic rings. The van der Waals surface area contributed by atoms with Crippen LogP contribution in [0, 0.1) is 6.92 Å². The van der Waals surface area contributed by atoms with E-state index in [0.717, 1.165) is 17.0 Å². The summed E-state index contributed by atoms with van der Waals surface area (Å²) >= 11 is 7.12. The zero-order valence-corrected chi connectivity index (χ0v) is 15.6. The number of nitrogens with one attached hydrogen (secondary N) is 1. The van der Waals surface area contributed by atoms with Crippen molar-refractivity contribution in [3.8, 4) is 11.3 Å². The van der Waals surface area contributed by atoms with Crippen molar-refractivity contribution < 1.29 is 9.21 Å². The van der Waals surface area contributed by atoms with Gasteiger partial charge in [0, 0.05) is 22.3 Å². The van der Waals surface area contributed by atoms with Gasteiger partial charge in [-0.2, -0.15) is 0 Å². The molecule has 0 saturated heterocycles. The van der Waals surface area contributed by atoms with Crippen molar-refractivity contribution in [2.45, 2.75) is 18.6 Å². The zero-order chi connectivity index (χ0) is 18.5. The fraction of sp³-hybridized carbons (Fsp3) is 0.167. The molecule has 26 heavy (non-hydrogen) atoms. The van der Waals surface area contributed by atoms with E-state index in [4.69, 9.17) is 21.8 Å². The number of benzene rings is 1. The summed E-state index contributed by atoms with van der Waals surface area (Å²) in [5.74, 6) is 1.86. The topological polar surface area (TPSA) is 94.0 Å². The largest absolute Gasteiger partial charge is 0.459 e. The minimum absolute atomic E-state index is 0.136.